The molecule has 0 radical (unpaired) electrons. The molecule has 0 aromatic heterocycles. The normalized spacial score (nSPS) is 11.3. The van der Waals surface area contributed by atoms with Gasteiger partial charge in [-0.05, 0) is 42.0 Å². The number of nitrogens with one attached hydrogen (secondary N) is 2. The topological polar surface area (TPSA) is 67.4 Å². The molecule has 0 aliphatic heterocycles. The van der Waals surface area contributed by atoms with Crippen molar-refractivity contribution in [3.05, 3.63) is 96.1 Å². The van der Waals surface area contributed by atoms with Crippen molar-refractivity contribution in [2.45, 2.75) is 12.5 Å². The molecule has 0 unspecified atom stereocenters. The predicted molar refractivity (Wildman–Crippen MR) is 109 cm³/mol. The van der Waals surface area contributed by atoms with Crippen molar-refractivity contribution in [2.24, 2.45) is 0 Å². The molecule has 0 heterocycles. The average molecular weight is 374 g/mol. The van der Waals surface area contributed by atoms with E-state index >= 15 is 0 Å². The Bertz CT molecular complexity index is 910. The molecule has 3 aromatic carbocycles. The number of rotatable bonds is 7. The van der Waals surface area contributed by atoms with E-state index in [-0.39, 0.29) is 11.8 Å². The van der Waals surface area contributed by atoms with Crippen molar-refractivity contribution in [1.29, 1.82) is 0 Å². The summed E-state index contributed by atoms with van der Waals surface area (Å²) in [7, 11) is 1.59. The highest BCUT2D eigenvalue weighted by Gasteiger charge is 2.22. The van der Waals surface area contributed by atoms with Gasteiger partial charge in [-0.3, -0.25) is 9.59 Å². The molecule has 0 spiro atoms. The van der Waals surface area contributed by atoms with Gasteiger partial charge in [0.25, 0.3) is 5.91 Å². The zero-order valence-electron chi connectivity index (χ0n) is 15.6. The Morgan fingerprint density at radius 3 is 2.07 bits per heavy atom. The van der Waals surface area contributed by atoms with Crippen molar-refractivity contribution in [2.75, 3.05) is 12.4 Å². The fourth-order valence-corrected chi connectivity index (χ4v) is 2.79. The monoisotopic (exact) mass is 374 g/mol. The Hall–Kier alpha value is -3.60. The van der Waals surface area contributed by atoms with Gasteiger partial charge in [-0.1, -0.05) is 48.5 Å². The van der Waals surface area contributed by atoms with Gasteiger partial charge in [0, 0.05) is 17.7 Å². The summed E-state index contributed by atoms with van der Waals surface area (Å²) in [4.78, 5) is 25.5. The molecular weight excluding hydrogens is 352 g/mol. The van der Waals surface area contributed by atoms with E-state index in [2.05, 4.69) is 10.6 Å². The van der Waals surface area contributed by atoms with Gasteiger partial charge in [0.2, 0.25) is 5.91 Å². The minimum atomic E-state index is -0.711. The fourth-order valence-electron chi connectivity index (χ4n) is 2.79. The third kappa shape index (κ3) is 5.20. The molecule has 1 atom stereocenters. The first-order valence-electron chi connectivity index (χ1n) is 9.00. The van der Waals surface area contributed by atoms with E-state index in [0.29, 0.717) is 23.4 Å². The summed E-state index contributed by atoms with van der Waals surface area (Å²) in [5.74, 6) is 0.140. The van der Waals surface area contributed by atoms with Gasteiger partial charge in [0.05, 0.1) is 7.11 Å². The third-order valence-corrected chi connectivity index (χ3v) is 4.30. The second kappa shape index (κ2) is 9.37. The van der Waals surface area contributed by atoms with Crippen LogP contribution in [0, 0.1) is 0 Å². The molecule has 0 saturated carbocycles. The lowest BCUT2D eigenvalue weighted by Crippen LogP contribution is -2.45. The number of carbonyl (C=O) groups is 2. The van der Waals surface area contributed by atoms with Crippen molar-refractivity contribution in [3.63, 3.8) is 0 Å². The maximum Gasteiger partial charge on any atom is 0.251 e. The predicted octanol–water partition coefficient (Wildman–Crippen LogP) is 3.68. The smallest absolute Gasteiger partial charge is 0.251 e. The minimum absolute atomic E-state index is 0.279. The lowest BCUT2D eigenvalue weighted by Gasteiger charge is -2.19. The van der Waals surface area contributed by atoms with E-state index in [1.807, 2.05) is 36.4 Å². The van der Waals surface area contributed by atoms with Crippen LogP contribution >= 0.6 is 0 Å². The highest BCUT2D eigenvalue weighted by Crippen LogP contribution is 2.16. The van der Waals surface area contributed by atoms with E-state index in [1.165, 1.54) is 0 Å². The summed E-state index contributed by atoms with van der Waals surface area (Å²) in [6, 6.07) is 24.8. The molecule has 0 aliphatic carbocycles. The van der Waals surface area contributed by atoms with Gasteiger partial charge < -0.3 is 15.4 Å². The van der Waals surface area contributed by atoms with Crippen molar-refractivity contribution in [1.82, 2.24) is 5.32 Å². The van der Waals surface area contributed by atoms with Crippen LogP contribution in [0.2, 0.25) is 0 Å². The van der Waals surface area contributed by atoms with E-state index in [9.17, 15) is 9.59 Å². The molecule has 5 heteroatoms. The van der Waals surface area contributed by atoms with Crippen LogP contribution in [-0.2, 0) is 11.2 Å². The van der Waals surface area contributed by atoms with Gasteiger partial charge in [0.15, 0.2) is 0 Å². The summed E-state index contributed by atoms with van der Waals surface area (Å²) >= 11 is 0. The van der Waals surface area contributed by atoms with E-state index in [0.717, 1.165) is 5.56 Å². The van der Waals surface area contributed by atoms with Crippen LogP contribution in [-0.4, -0.2) is 25.0 Å². The molecule has 2 N–H and O–H groups in total. The van der Waals surface area contributed by atoms with Gasteiger partial charge in [-0.2, -0.15) is 0 Å². The molecular formula is C23H22N2O3. The van der Waals surface area contributed by atoms with Crippen molar-refractivity contribution >= 4 is 17.5 Å². The van der Waals surface area contributed by atoms with Crippen molar-refractivity contribution < 1.29 is 14.3 Å². The quantitative estimate of drug-likeness (QED) is 0.663. The van der Waals surface area contributed by atoms with Crippen LogP contribution in [0.5, 0.6) is 5.75 Å². The Kier molecular flexibility index (Phi) is 6.41. The Labute approximate surface area is 164 Å². The summed E-state index contributed by atoms with van der Waals surface area (Å²) in [5.41, 5.74) is 2.11. The number of ether oxygens (including phenoxy) is 1. The minimum Gasteiger partial charge on any atom is -0.497 e. The number of methoxy groups -OCH3 is 1. The van der Waals surface area contributed by atoms with E-state index < -0.39 is 6.04 Å². The number of anilines is 1. The number of hydrogen-bond donors (Lipinski definition) is 2. The second-order valence-electron chi connectivity index (χ2n) is 6.30. The molecule has 5 nitrogen and oxygen atoms in total. The molecule has 2 amide bonds. The molecule has 0 saturated heterocycles. The van der Waals surface area contributed by atoms with Crippen molar-refractivity contribution in [3.8, 4) is 5.75 Å². The van der Waals surface area contributed by atoms with Crippen LogP contribution in [0.3, 0.4) is 0 Å². The zero-order valence-corrected chi connectivity index (χ0v) is 15.6. The molecule has 142 valence electrons. The summed E-state index contributed by atoms with van der Waals surface area (Å²) < 4.78 is 5.13. The average Bonchev–Trinajstić information content (AvgIpc) is 2.75. The second-order valence-corrected chi connectivity index (χ2v) is 6.30. The Balaban J connectivity index is 1.76. The fraction of sp³-hybridized carbons (Fsp3) is 0.130. The molecule has 3 rings (SSSR count). The van der Waals surface area contributed by atoms with Crippen LogP contribution in [0.25, 0.3) is 0 Å². The molecule has 0 bridgehead atoms. The number of hydrogen-bond acceptors (Lipinski definition) is 3. The van der Waals surface area contributed by atoms with Gasteiger partial charge in [-0.15, -0.1) is 0 Å². The number of carbonyl (C=O) groups excluding carboxylic acids is 2. The first kappa shape index (κ1) is 19.2. The highest BCUT2D eigenvalue weighted by atomic mass is 16.5. The first-order valence-corrected chi connectivity index (χ1v) is 9.00. The Morgan fingerprint density at radius 2 is 1.46 bits per heavy atom. The number of benzene rings is 3. The van der Waals surface area contributed by atoms with Crippen LogP contribution in [0.4, 0.5) is 5.69 Å². The maximum absolute atomic E-state index is 12.9. The van der Waals surface area contributed by atoms with Gasteiger partial charge in [-0.25, -0.2) is 0 Å². The summed E-state index contributed by atoms with van der Waals surface area (Å²) in [6.45, 7) is 0. The van der Waals surface area contributed by atoms with Crippen LogP contribution < -0.4 is 15.4 Å². The maximum atomic E-state index is 12.9. The lowest BCUT2D eigenvalue weighted by molar-refractivity contribution is -0.118. The summed E-state index contributed by atoms with van der Waals surface area (Å²) in [6.07, 6.45) is 0.390. The molecule has 3 aromatic rings. The van der Waals surface area contributed by atoms with Crippen LogP contribution in [0.1, 0.15) is 15.9 Å². The van der Waals surface area contributed by atoms with E-state index in [4.69, 9.17) is 4.74 Å². The summed E-state index contributed by atoms with van der Waals surface area (Å²) in [5, 5.41) is 5.71. The first-order chi connectivity index (χ1) is 13.7. The third-order valence-electron chi connectivity index (χ3n) is 4.30. The zero-order chi connectivity index (χ0) is 19.8. The molecule has 0 fully saturated rings. The van der Waals surface area contributed by atoms with Gasteiger partial charge >= 0.3 is 0 Å². The molecule has 28 heavy (non-hydrogen) atoms. The number of amides is 2. The highest BCUT2D eigenvalue weighted by molar-refractivity contribution is 6.01. The largest absolute Gasteiger partial charge is 0.497 e. The van der Waals surface area contributed by atoms with Crippen LogP contribution in [0.15, 0.2) is 84.9 Å². The van der Waals surface area contributed by atoms with E-state index in [1.54, 1.807) is 55.6 Å². The Morgan fingerprint density at radius 1 is 0.857 bits per heavy atom. The SMILES string of the molecule is COc1ccc(NC(=O)[C@@H](Cc2ccccc2)NC(=O)c2ccccc2)cc1. The van der Waals surface area contributed by atoms with Gasteiger partial charge in [0.1, 0.15) is 11.8 Å². The standard InChI is InChI=1S/C23H22N2O3/c1-28-20-14-12-19(13-15-20)24-23(27)21(16-17-8-4-2-5-9-17)25-22(26)18-10-6-3-7-11-18/h2-15,21H,16H2,1H3,(H,24,27)(H,25,26)/t21-/m1/s1. The molecule has 0 aliphatic rings. The lowest BCUT2D eigenvalue weighted by atomic mass is 10.0.